The molecule has 0 spiro atoms. The molecule has 0 bridgehead atoms. The lowest BCUT2D eigenvalue weighted by Gasteiger charge is -2.10. The van der Waals surface area contributed by atoms with Gasteiger partial charge in [-0.15, -0.1) is 0 Å². The van der Waals surface area contributed by atoms with E-state index < -0.39 is 22.7 Å². The molecule has 140 valence electrons. The zero-order chi connectivity index (χ0) is 19.6. The number of hydrogen-bond donors (Lipinski definition) is 1. The molecule has 0 saturated carbocycles. The molecule has 0 aliphatic carbocycles. The Hall–Kier alpha value is -3.11. The first kappa shape index (κ1) is 19.2. The van der Waals surface area contributed by atoms with Gasteiger partial charge in [-0.25, -0.2) is 10.1 Å². The summed E-state index contributed by atoms with van der Waals surface area (Å²) in [5.41, 5.74) is 3.58. The first-order valence-corrected chi connectivity index (χ1v) is 7.83. The molecule has 0 aliphatic rings. The second kappa shape index (κ2) is 7.42. The van der Waals surface area contributed by atoms with Crippen LogP contribution < -0.4 is 5.43 Å². The quantitative estimate of drug-likeness (QED) is 0.471. The Balaban J connectivity index is 2.03. The lowest BCUT2D eigenvalue weighted by molar-refractivity contribution is -0.386. The highest BCUT2D eigenvalue weighted by molar-refractivity contribution is 5.84. The summed E-state index contributed by atoms with van der Waals surface area (Å²) < 4.78 is 16.3. The fourth-order valence-electron chi connectivity index (χ4n) is 2.54. The van der Waals surface area contributed by atoms with Gasteiger partial charge >= 0.3 is 5.69 Å². The fourth-order valence-corrected chi connectivity index (χ4v) is 2.54. The molecular weight excluding hydrogens is 345 g/mol. The number of aromatic nitrogens is 4. The van der Waals surface area contributed by atoms with Crippen molar-refractivity contribution in [3.8, 4) is 0 Å². The van der Waals surface area contributed by atoms with E-state index in [-0.39, 0.29) is 17.8 Å². The SMILES string of the molecule is Cc1nn(C)c(F)c1/C=N/NC(=O)C(C)Cn1nc(C)c([N+](=O)[O-])c1C. The number of carbonyl (C=O) groups excluding carboxylic acids is 1. The molecule has 2 aromatic heterocycles. The van der Waals surface area contributed by atoms with Gasteiger partial charge in [0.05, 0.1) is 34.9 Å². The lowest BCUT2D eigenvalue weighted by Crippen LogP contribution is -2.28. The maximum Gasteiger partial charge on any atom is 0.312 e. The number of nitro groups is 1. The minimum Gasteiger partial charge on any atom is -0.273 e. The Morgan fingerprint density at radius 3 is 2.54 bits per heavy atom. The highest BCUT2D eigenvalue weighted by atomic mass is 19.1. The molecule has 1 amide bonds. The Bertz CT molecular complexity index is 884. The van der Waals surface area contributed by atoms with Crippen molar-refractivity contribution < 1.29 is 14.1 Å². The van der Waals surface area contributed by atoms with Crippen molar-refractivity contribution in [2.75, 3.05) is 0 Å². The molecule has 1 atom stereocenters. The van der Waals surface area contributed by atoms with Gasteiger partial charge in [-0.1, -0.05) is 6.92 Å². The molecular formula is C15H20FN7O3. The summed E-state index contributed by atoms with van der Waals surface area (Å²) in [6, 6.07) is 0. The first-order valence-electron chi connectivity index (χ1n) is 7.83. The number of aryl methyl sites for hydroxylation is 3. The van der Waals surface area contributed by atoms with Gasteiger partial charge in [-0.3, -0.25) is 19.6 Å². The fraction of sp³-hybridized carbons (Fsp3) is 0.467. The second-order valence-corrected chi connectivity index (χ2v) is 6.01. The van der Waals surface area contributed by atoms with E-state index in [1.165, 1.54) is 17.9 Å². The van der Waals surface area contributed by atoms with Gasteiger partial charge in [0.15, 0.2) is 0 Å². The monoisotopic (exact) mass is 365 g/mol. The summed E-state index contributed by atoms with van der Waals surface area (Å²) >= 11 is 0. The van der Waals surface area contributed by atoms with E-state index in [0.717, 1.165) is 4.68 Å². The number of amides is 1. The summed E-state index contributed by atoms with van der Waals surface area (Å²) in [5.74, 6) is -1.52. The van der Waals surface area contributed by atoms with Crippen LogP contribution in [0.3, 0.4) is 0 Å². The smallest absolute Gasteiger partial charge is 0.273 e. The average molecular weight is 365 g/mol. The zero-order valence-electron chi connectivity index (χ0n) is 15.1. The van der Waals surface area contributed by atoms with Crippen molar-refractivity contribution >= 4 is 17.8 Å². The van der Waals surface area contributed by atoms with E-state index in [9.17, 15) is 19.3 Å². The normalized spacial score (nSPS) is 12.5. The van der Waals surface area contributed by atoms with Crippen LogP contribution in [0.5, 0.6) is 0 Å². The molecule has 1 unspecified atom stereocenters. The van der Waals surface area contributed by atoms with Gasteiger partial charge in [0.1, 0.15) is 11.4 Å². The summed E-state index contributed by atoms with van der Waals surface area (Å²) in [6.45, 7) is 6.55. The van der Waals surface area contributed by atoms with E-state index in [0.29, 0.717) is 17.1 Å². The van der Waals surface area contributed by atoms with Crippen LogP contribution in [0.1, 0.15) is 29.6 Å². The highest BCUT2D eigenvalue weighted by Gasteiger charge is 2.24. The number of rotatable bonds is 6. The Morgan fingerprint density at radius 1 is 1.38 bits per heavy atom. The minimum absolute atomic E-state index is 0.0573. The van der Waals surface area contributed by atoms with Crippen LogP contribution in [0.2, 0.25) is 0 Å². The number of nitrogens with zero attached hydrogens (tertiary/aromatic N) is 6. The molecule has 1 N–H and O–H groups in total. The van der Waals surface area contributed by atoms with E-state index in [4.69, 9.17) is 0 Å². The van der Waals surface area contributed by atoms with Crippen molar-refractivity contribution in [3.63, 3.8) is 0 Å². The van der Waals surface area contributed by atoms with Crippen molar-refractivity contribution in [3.05, 3.63) is 38.7 Å². The van der Waals surface area contributed by atoms with E-state index >= 15 is 0 Å². The Labute approximate surface area is 148 Å². The Morgan fingerprint density at radius 2 is 2.04 bits per heavy atom. The molecule has 0 fully saturated rings. The third-order valence-electron chi connectivity index (χ3n) is 3.98. The first-order chi connectivity index (χ1) is 12.1. The maximum absolute atomic E-state index is 13.8. The van der Waals surface area contributed by atoms with Crippen LogP contribution in [-0.2, 0) is 18.4 Å². The molecule has 2 aromatic rings. The van der Waals surface area contributed by atoms with Gasteiger partial charge in [0, 0.05) is 7.05 Å². The predicted octanol–water partition coefficient (Wildman–Crippen LogP) is 1.38. The topological polar surface area (TPSA) is 120 Å². The number of nitrogens with one attached hydrogen (secondary N) is 1. The summed E-state index contributed by atoms with van der Waals surface area (Å²) in [7, 11) is 1.47. The predicted molar refractivity (Wildman–Crippen MR) is 91.2 cm³/mol. The number of hydrogen-bond acceptors (Lipinski definition) is 6. The lowest BCUT2D eigenvalue weighted by atomic mass is 10.1. The van der Waals surface area contributed by atoms with Crippen LogP contribution in [-0.4, -0.2) is 36.6 Å². The molecule has 0 aliphatic heterocycles. The van der Waals surface area contributed by atoms with Crippen molar-refractivity contribution in [1.82, 2.24) is 25.0 Å². The van der Waals surface area contributed by atoms with Gasteiger partial charge < -0.3 is 0 Å². The average Bonchev–Trinajstić information content (AvgIpc) is 2.96. The van der Waals surface area contributed by atoms with Crippen LogP contribution in [0, 0.1) is 42.8 Å². The molecule has 0 saturated heterocycles. The van der Waals surface area contributed by atoms with E-state index in [1.807, 2.05) is 0 Å². The second-order valence-electron chi connectivity index (χ2n) is 6.01. The molecule has 0 aromatic carbocycles. The number of hydrazone groups is 1. The standard InChI is InChI=1S/C15H20FN7O3/c1-8(7-22-11(4)13(23(25)26)10(3)20-22)15(24)18-17-6-12-9(2)19-21(5)14(12)16/h6,8H,7H2,1-5H3,(H,18,24)/b17-6+. The third kappa shape index (κ3) is 3.76. The summed E-state index contributed by atoms with van der Waals surface area (Å²) in [5, 5.41) is 22.8. The van der Waals surface area contributed by atoms with E-state index in [1.54, 1.807) is 27.7 Å². The Kier molecular flexibility index (Phi) is 5.48. The van der Waals surface area contributed by atoms with Crippen molar-refractivity contribution in [2.45, 2.75) is 34.2 Å². The van der Waals surface area contributed by atoms with Crippen molar-refractivity contribution in [2.24, 2.45) is 18.1 Å². The van der Waals surface area contributed by atoms with Crippen LogP contribution >= 0.6 is 0 Å². The van der Waals surface area contributed by atoms with Gasteiger partial charge in [-0.05, 0) is 20.8 Å². The highest BCUT2D eigenvalue weighted by Crippen LogP contribution is 2.22. The van der Waals surface area contributed by atoms with Gasteiger partial charge in [0.25, 0.3) is 0 Å². The minimum atomic E-state index is -0.552. The largest absolute Gasteiger partial charge is 0.312 e. The summed E-state index contributed by atoms with van der Waals surface area (Å²) in [6.07, 6.45) is 1.19. The van der Waals surface area contributed by atoms with Crippen LogP contribution in [0.4, 0.5) is 10.1 Å². The van der Waals surface area contributed by atoms with Crippen LogP contribution in [0.15, 0.2) is 5.10 Å². The molecule has 2 rings (SSSR count). The summed E-state index contributed by atoms with van der Waals surface area (Å²) in [4.78, 5) is 22.7. The third-order valence-corrected chi connectivity index (χ3v) is 3.98. The molecule has 0 radical (unpaired) electrons. The van der Waals surface area contributed by atoms with Gasteiger partial charge in [-0.2, -0.15) is 19.7 Å². The zero-order valence-corrected chi connectivity index (χ0v) is 15.1. The van der Waals surface area contributed by atoms with E-state index in [2.05, 4.69) is 20.7 Å². The van der Waals surface area contributed by atoms with Crippen molar-refractivity contribution in [1.29, 1.82) is 0 Å². The molecule has 26 heavy (non-hydrogen) atoms. The number of carbonyl (C=O) groups is 1. The molecule has 2 heterocycles. The number of halogens is 1. The van der Waals surface area contributed by atoms with Gasteiger partial charge in [0.2, 0.25) is 11.9 Å². The maximum atomic E-state index is 13.8. The van der Waals surface area contributed by atoms with Crippen LogP contribution in [0.25, 0.3) is 0 Å². The molecule has 10 nitrogen and oxygen atoms in total. The molecule has 11 heteroatoms.